The molecule has 0 unspecified atom stereocenters. The van der Waals surface area contributed by atoms with E-state index in [1.807, 2.05) is 18.2 Å². The highest BCUT2D eigenvalue weighted by Gasteiger charge is 2.21. The minimum atomic E-state index is -0.735. The lowest BCUT2D eigenvalue weighted by Gasteiger charge is -2.06. The Morgan fingerprint density at radius 1 is 1.04 bits per heavy atom. The minimum Gasteiger partial charge on any atom is -0.504 e. The van der Waals surface area contributed by atoms with Gasteiger partial charge in [-0.15, -0.1) is 0 Å². The van der Waals surface area contributed by atoms with Gasteiger partial charge in [-0.3, -0.25) is 20.4 Å². The zero-order valence-corrected chi connectivity index (χ0v) is 14.5. The highest BCUT2D eigenvalue weighted by Crippen LogP contribution is 2.20. The van der Waals surface area contributed by atoms with Crippen LogP contribution in [0.4, 0.5) is 0 Å². The summed E-state index contributed by atoms with van der Waals surface area (Å²) in [5.41, 5.74) is 6.11. The van der Waals surface area contributed by atoms with Gasteiger partial charge in [0, 0.05) is 5.56 Å². The molecule has 1 aromatic carbocycles. The third kappa shape index (κ3) is 3.16. The fourth-order valence-electron chi connectivity index (χ4n) is 2.60. The molecule has 2 heterocycles. The molecular formula is C18H18N4O4. The molecular weight excluding hydrogens is 336 g/mol. The lowest BCUT2D eigenvalue weighted by atomic mass is 10.1. The quantitative estimate of drug-likeness (QED) is 0.625. The van der Waals surface area contributed by atoms with Crippen LogP contribution in [0.25, 0.3) is 5.69 Å². The third-order valence-corrected chi connectivity index (χ3v) is 4.01. The minimum absolute atomic E-state index is 0.203. The van der Waals surface area contributed by atoms with Crippen LogP contribution in [0.15, 0.2) is 40.9 Å². The molecule has 26 heavy (non-hydrogen) atoms. The number of aromatic nitrogens is 2. The molecule has 3 aromatic rings. The summed E-state index contributed by atoms with van der Waals surface area (Å²) in [4.78, 5) is 24.5. The molecule has 0 aliphatic rings. The number of hydrazine groups is 1. The zero-order chi connectivity index (χ0) is 18.8. The van der Waals surface area contributed by atoms with Gasteiger partial charge < -0.3 is 9.52 Å². The number of benzene rings is 1. The smallest absolute Gasteiger partial charge is 0.294 e. The molecule has 0 spiro atoms. The van der Waals surface area contributed by atoms with Gasteiger partial charge >= 0.3 is 0 Å². The molecule has 0 aliphatic heterocycles. The van der Waals surface area contributed by atoms with Crippen molar-refractivity contribution in [1.82, 2.24) is 20.6 Å². The van der Waals surface area contributed by atoms with Crippen LogP contribution in [0.1, 0.15) is 37.9 Å². The van der Waals surface area contributed by atoms with Crippen LogP contribution in [0.2, 0.25) is 0 Å². The second-order valence-corrected chi connectivity index (χ2v) is 5.77. The molecule has 0 saturated carbocycles. The lowest BCUT2D eigenvalue weighted by Crippen LogP contribution is -2.42. The standard InChI is InChI=1S/C18H18N4O4/c1-10-11(2)26-12(3)15(10)17(24)19-20-18(25)16-14(23)9-22(21-16)13-7-5-4-6-8-13/h4-9,23H,1-3H3,(H,19,24)(H,20,25). The van der Waals surface area contributed by atoms with Crippen LogP contribution in [0, 0.1) is 20.8 Å². The van der Waals surface area contributed by atoms with Crippen molar-refractivity contribution >= 4 is 11.8 Å². The molecule has 3 rings (SSSR count). The van der Waals surface area contributed by atoms with E-state index in [9.17, 15) is 14.7 Å². The number of hydrogen-bond donors (Lipinski definition) is 3. The Hall–Kier alpha value is -3.55. The van der Waals surface area contributed by atoms with Crippen molar-refractivity contribution in [3.8, 4) is 11.4 Å². The number of hydrogen-bond acceptors (Lipinski definition) is 5. The van der Waals surface area contributed by atoms with Crippen LogP contribution in [0.3, 0.4) is 0 Å². The highest BCUT2D eigenvalue weighted by molar-refractivity contribution is 6.00. The van der Waals surface area contributed by atoms with E-state index in [1.54, 1.807) is 32.9 Å². The summed E-state index contributed by atoms with van der Waals surface area (Å²) < 4.78 is 6.77. The number of nitrogens with one attached hydrogen (secondary N) is 2. The number of rotatable bonds is 3. The van der Waals surface area contributed by atoms with E-state index in [1.165, 1.54) is 10.9 Å². The summed E-state index contributed by atoms with van der Waals surface area (Å²) in [6.07, 6.45) is 1.32. The molecule has 134 valence electrons. The Kier molecular flexibility index (Phi) is 4.49. The summed E-state index contributed by atoms with van der Waals surface area (Å²) in [5, 5.41) is 14.0. The van der Waals surface area contributed by atoms with Gasteiger partial charge in [-0.25, -0.2) is 4.68 Å². The molecule has 8 nitrogen and oxygen atoms in total. The fraction of sp³-hybridized carbons (Fsp3) is 0.167. The van der Waals surface area contributed by atoms with E-state index in [2.05, 4.69) is 16.0 Å². The Balaban J connectivity index is 1.73. The average molecular weight is 354 g/mol. The molecule has 2 aromatic heterocycles. The predicted octanol–water partition coefficient (Wildman–Crippen LogP) is 2.17. The number of amides is 2. The largest absolute Gasteiger partial charge is 0.504 e. The SMILES string of the molecule is Cc1oc(C)c(C(=O)NNC(=O)c2nn(-c3ccccc3)cc2O)c1C. The molecule has 0 aliphatic carbocycles. The number of furan rings is 1. The Labute approximate surface area is 149 Å². The monoisotopic (exact) mass is 354 g/mol. The van der Waals surface area contributed by atoms with Gasteiger partial charge in [-0.1, -0.05) is 18.2 Å². The summed E-state index contributed by atoms with van der Waals surface area (Å²) in [6, 6.07) is 9.03. The number of aromatic hydroxyl groups is 1. The van der Waals surface area contributed by atoms with E-state index in [0.29, 0.717) is 28.3 Å². The van der Waals surface area contributed by atoms with Crippen molar-refractivity contribution in [2.24, 2.45) is 0 Å². The van der Waals surface area contributed by atoms with Crippen molar-refractivity contribution in [3.63, 3.8) is 0 Å². The van der Waals surface area contributed by atoms with Crippen LogP contribution in [0.5, 0.6) is 5.75 Å². The predicted molar refractivity (Wildman–Crippen MR) is 93.1 cm³/mol. The maximum absolute atomic E-state index is 12.3. The zero-order valence-electron chi connectivity index (χ0n) is 14.5. The summed E-state index contributed by atoms with van der Waals surface area (Å²) >= 11 is 0. The van der Waals surface area contributed by atoms with Gasteiger partial charge in [0.25, 0.3) is 11.8 Å². The number of carbonyl (C=O) groups is 2. The Morgan fingerprint density at radius 2 is 1.69 bits per heavy atom. The van der Waals surface area contributed by atoms with Crippen LogP contribution >= 0.6 is 0 Å². The van der Waals surface area contributed by atoms with Crippen LogP contribution in [-0.4, -0.2) is 26.7 Å². The second-order valence-electron chi connectivity index (χ2n) is 5.77. The van der Waals surface area contributed by atoms with Crippen molar-refractivity contribution in [2.45, 2.75) is 20.8 Å². The van der Waals surface area contributed by atoms with Crippen molar-refractivity contribution in [2.75, 3.05) is 0 Å². The summed E-state index contributed by atoms with van der Waals surface area (Å²) in [5.74, 6) is -0.443. The van der Waals surface area contributed by atoms with E-state index in [-0.39, 0.29) is 11.4 Å². The third-order valence-electron chi connectivity index (χ3n) is 4.01. The number of aryl methyl sites for hydroxylation is 2. The molecule has 0 radical (unpaired) electrons. The van der Waals surface area contributed by atoms with Crippen molar-refractivity contribution < 1.29 is 19.1 Å². The van der Waals surface area contributed by atoms with Gasteiger partial charge in [0.05, 0.1) is 17.4 Å². The molecule has 0 bridgehead atoms. The van der Waals surface area contributed by atoms with Crippen LogP contribution in [-0.2, 0) is 0 Å². The van der Waals surface area contributed by atoms with E-state index in [0.717, 1.165) is 0 Å². The number of carbonyl (C=O) groups excluding carboxylic acids is 2. The van der Waals surface area contributed by atoms with Crippen molar-refractivity contribution in [1.29, 1.82) is 0 Å². The van der Waals surface area contributed by atoms with E-state index < -0.39 is 11.8 Å². The normalized spacial score (nSPS) is 10.6. The molecule has 0 saturated heterocycles. The first kappa shape index (κ1) is 17.3. The first-order valence-electron chi connectivity index (χ1n) is 7.89. The molecule has 0 atom stereocenters. The van der Waals surface area contributed by atoms with Gasteiger partial charge in [0.2, 0.25) is 0 Å². The van der Waals surface area contributed by atoms with Gasteiger partial charge in [0.1, 0.15) is 11.5 Å². The summed E-state index contributed by atoms with van der Waals surface area (Å²) in [7, 11) is 0. The Bertz CT molecular complexity index is 973. The van der Waals surface area contributed by atoms with E-state index in [4.69, 9.17) is 4.42 Å². The maximum atomic E-state index is 12.3. The Morgan fingerprint density at radius 3 is 2.31 bits per heavy atom. The topological polar surface area (TPSA) is 109 Å². The fourth-order valence-corrected chi connectivity index (χ4v) is 2.60. The van der Waals surface area contributed by atoms with Crippen molar-refractivity contribution in [3.05, 3.63) is 64.9 Å². The summed E-state index contributed by atoms with van der Waals surface area (Å²) in [6.45, 7) is 5.19. The molecule has 3 N–H and O–H groups in total. The molecule has 2 amide bonds. The number of para-hydroxylation sites is 1. The van der Waals surface area contributed by atoms with E-state index >= 15 is 0 Å². The first-order valence-corrected chi connectivity index (χ1v) is 7.89. The lowest BCUT2D eigenvalue weighted by molar-refractivity contribution is 0.0840. The maximum Gasteiger partial charge on any atom is 0.294 e. The second kappa shape index (κ2) is 6.75. The average Bonchev–Trinajstić information content (AvgIpc) is 3.13. The number of nitrogens with zero attached hydrogens (tertiary/aromatic N) is 2. The van der Waals surface area contributed by atoms with Crippen LogP contribution < -0.4 is 10.9 Å². The molecule has 8 heteroatoms. The highest BCUT2D eigenvalue weighted by atomic mass is 16.3. The van der Waals surface area contributed by atoms with Gasteiger partial charge in [0.15, 0.2) is 11.4 Å². The van der Waals surface area contributed by atoms with Gasteiger partial charge in [-0.2, -0.15) is 5.10 Å². The molecule has 0 fully saturated rings. The first-order chi connectivity index (χ1) is 12.4. The van der Waals surface area contributed by atoms with Gasteiger partial charge in [-0.05, 0) is 32.9 Å².